The van der Waals surface area contributed by atoms with Crippen LogP contribution in [0.4, 0.5) is 0 Å². The number of nitrogens with zero attached hydrogens (tertiary/aromatic N) is 1. The molecule has 2 aromatic rings. The Bertz CT molecular complexity index is 492. The Labute approximate surface area is 83.4 Å². The van der Waals surface area contributed by atoms with Crippen LogP contribution in [0.2, 0.25) is 0 Å². The molecule has 0 unspecified atom stereocenters. The van der Waals surface area contributed by atoms with Crippen molar-refractivity contribution in [2.24, 2.45) is 0 Å². The molecule has 1 aromatic carbocycles. The van der Waals surface area contributed by atoms with Gasteiger partial charge in [-0.3, -0.25) is 0 Å². The third kappa shape index (κ3) is 1.07. The maximum atomic E-state index is 4.68. The van der Waals surface area contributed by atoms with Gasteiger partial charge in [0.15, 0.2) is 0 Å². The van der Waals surface area contributed by atoms with Crippen LogP contribution in [0.15, 0.2) is 12.1 Å². The van der Waals surface area contributed by atoms with Crippen LogP contribution >= 0.6 is 0 Å². The van der Waals surface area contributed by atoms with Crippen LogP contribution in [0.1, 0.15) is 35.7 Å². The molecule has 1 fully saturated rings. The second-order valence-electron chi connectivity index (χ2n) is 4.30. The zero-order valence-electron chi connectivity index (χ0n) is 8.59. The van der Waals surface area contributed by atoms with Crippen LogP contribution in [0, 0.1) is 13.8 Å². The first-order valence-electron chi connectivity index (χ1n) is 5.21. The summed E-state index contributed by atoms with van der Waals surface area (Å²) in [7, 11) is 0. The van der Waals surface area contributed by atoms with Crippen LogP contribution in [-0.2, 0) is 0 Å². The minimum Gasteiger partial charge on any atom is -0.342 e. The zero-order valence-corrected chi connectivity index (χ0v) is 8.59. The maximum absolute atomic E-state index is 4.68. The summed E-state index contributed by atoms with van der Waals surface area (Å²) in [5.41, 5.74) is 4.99. The number of imidazole rings is 1. The Morgan fingerprint density at radius 1 is 1.29 bits per heavy atom. The fraction of sp³-hybridized carbons (Fsp3) is 0.417. The van der Waals surface area contributed by atoms with Crippen LogP contribution in [-0.4, -0.2) is 9.97 Å². The highest BCUT2D eigenvalue weighted by Crippen LogP contribution is 2.39. The van der Waals surface area contributed by atoms with Gasteiger partial charge >= 0.3 is 0 Å². The average molecular weight is 186 g/mol. The van der Waals surface area contributed by atoms with Crippen molar-refractivity contribution in [2.45, 2.75) is 32.6 Å². The van der Waals surface area contributed by atoms with E-state index in [2.05, 4.69) is 35.9 Å². The number of aromatic amines is 1. The molecule has 0 amide bonds. The van der Waals surface area contributed by atoms with Gasteiger partial charge in [0.1, 0.15) is 5.82 Å². The van der Waals surface area contributed by atoms with E-state index in [1.165, 1.54) is 35.3 Å². The molecule has 0 spiro atoms. The van der Waals surface area contributed by atoms with Gasteiger partial charge in [0.25, 0.3) is 0 Å². The van der Waals surface area contributed by atoms with Crippen LogP contribution < -0.4 is 0 Å². The molecule has 0 radical (unpaired) electrons. The molecule has 0 atom stereocenters. The molecule has 1 aromatic heterocycles. The van der Waals surface area contributed by atoms with E-state index in [0.717, 1.165) is 5.52 Å². The number of nitrogens with one attached hydrogen (secondary N) is 1. The highest BCUT2D eigenvalue weighted by molar-refractivity contribution is 5.80. The normalized spacial score (nSPS) is 16.4. The van der Waals surface area contributed by atoms with Crippen molar-refractivity contribution < 1.29 is 0 Å². The number of hydrogen-bond donors (Lipinski definition) is 1. The molecule has 1 aliphatic carbocycles. The molecule has 1 N–H and O–H groups in total. The maximum Gasteiger partial charge on any atom is 0.110 e. The predicted octanol–water partition coefficient (Wildman–Crippen LogP) is 3.06. The van der Waals surface area contributed by atoms with Crippen LogP contribution in [0.3, 0.4) is 0 Å². The van der Waals surface area contributed by atoms with Gasteiger partial charge in [0.2, 0.25) is 0 Å². The average Bonchev–Trinajstić information content (AvgIpc) is 2.93. The van der Waals surface area contributed by atoms with Gasteiger partial charge in [-0.1, -0.05) is 6.07 Å². The summed E-state index contributed by atoms with van der Waals surface area (Å²) >= 11 is 0. The monoisotopic (exact) mass is 186 g/mol. The Kier molecular flexibility index (Phi) is 1.49. The molecule has 0 aliphatic heterocycles. The number of fused-ring (bicyclic) bond motifs is 1. The lowest BCUT2D eigenvalue weighted by Gasteiger charge is -1.98. The van der Waals surface area contributed by atoms with E-state index >= 15 is 0 Å². The van der Waals surface area contributed by atoms with E-state index in [1.54, 1.807) is 0 Å². The van der Waals surface area contributed by atoms with Crippen molar-refractivity contribution in [3.05, 3.63) is 29.1 Å². The van der Waals surface area contributed by atoms with E-state index < -0.39 is 0 Å². The van der Waals surface area contributed by atoms with E-state index in [9.17, 15) is 0 Å². The van der Waals surface area contributed by atoms with Crippen molar-refractivity contribution in [2.75, 3.05) is 0 Å². The second kappa shape index (κ2) is 2.59. The molecule has 2 heteroatoms. The van der Waals surface area contributed by atoms with E-state index in [1.807, 2.05) is 0 Å². The molecule has 0 bridgehead atoms. The quantitative estimate of drug-likeness (QED) is 0.728. The molecule has 3 rings (SSSR count). The van der Waals surface area contributed by atoms with Gasteiger partial charge < -0.3 is 4.98 Å². The molecule has 1 saturated carbocycles. The third-order valence-corrected chi connectivity index (χ3v) is 3.16. The summed E-state index contributed by atoms with van der Waals surface area (Å²) in [5, 5.41) is 0. The summed E-state index contributed by atoms with van der Waals surface area (Å²) in [6.07, 6.45) is 2.61. The minimum absolute atomic E-state index is 0.710. The van der Waals surface area contributed by atoms with Crippen molar-refractivity contribution >= 4 is 11.0 Å². The molecular weight excluding hydrogens is 172 g/mol. The van der Waals surface area contributed by atoms with Crippen LogP contribution in [0.5, 0.6) is 0 Å². The van der Waals surface area contributed by atoms with Crippen molar-refractivity contribution in [3.8, 4) is 0 Å². The fourth-order valence-corrected chi connectivity index (χ4v) is 1.88. The first kappa shape index (κ1) is 8.04. The zero-order chi connectivity index (χ0) is 9.71. The Hall–Kier alpha value is -1.31. The van der Waals surface area contributed by atoms with E-state index in [0.29, 0.717) is 5.92 Å². The summed E-state index contributed by atoms with van der Waals surface area (Å²) in [4.78, 5) is 8.09. The Morgan fingerprint density at radius 3 is 2.79 bits per heavy atom. The molecular formula is C12H14N2. The summed E-state index contributed by atoms with van der Waals surface area (Å²) in [6.45, 7) is 4.29. The molecule has 1 heterocycles. The SMILES string of the molecule is Cc1ccc2[nH]c(C3CC3)nc2c1C. The van der Waals surface area contributed by atoms with Crippen molar-refractivity contribution in [3.63, 3.8) is 0 Å². The summed E-state index contributed by atoms with van der Waals surface area (Å²) in [6, 6.07) is 4.29. The molecule has 1 aliphatic rings. The predicted molar refractivity (Wildman–Crippen MR) is 57.5 cm³/mol. The lowest BCUT2D eigenvalue weighted by atomic mass is 10.1. The Balaban J connectivity index is 2.26. The van der Waals surface area contributed by atoms with Gasteiger partial charge in [-0.05, 0) is 43.9 Å². The summed E-state index contributed by atoms with van der Waals surface area (Å²) in [5.74, 6) is 1.90. The smallest absolute Gasteiger partial charge is 0.110 e. The second-order valence-corrected chi connectivity index (χ2v) is 4.30. The van der Waals surface area contributed by atoms with Gasteiger partial charge in [0, 0.05) is 5.92 Å². The van der Waals surface area contributed by atoms with Crippen molar-refractivity contribution in [1.82, 2.24) is 9.97 Å². The minimum atomic E-state index is 0.710. The summed E-state index contributed by atoms with van der Waals surface area (Å²) < 4.78 is 0. The largest absolute Gasteiger partial charge is 0.342 e. The topological polar surface area (TPSA) is 28.7 Å². The number of aromatic nitrogens is 2. The standard InChI is InChI=1S/C12H14N2/c1-7-3-6-10-11(8(7)2)14-12(13-10)9-4-5-9/h3,6,9H,4-5H2,1-2H3,(H,13,14). The first-order chi connectivity index (χ1) is 6.75. The fourth-order valence-electron chi connectivity index (χ4n) is 1.88. The molecule has 0 saturated heterocycles. The number of rotatable bonds is 1. The molecule has 72 valence electrons. The number of aryl methyl sites for hydroxylation is 2. The Morgan fingerprint density at radius 2 is 2.07 bits per heavy atom. The number of H-pyrrole nitrogens is 1. The van der Waals surface area contributed by atoms with E-state index in [-0.39, 0.29) is 0 Å². The van der Waals surface area contributed by atoms with Gasteiger partial charge in [-0.25, -0.2) is 4.98 Å². The highest BCUT2D eigenvalue weighted by Gasteiger charge is 2.26. The number of hydrogen-bond acceptors (Lipinski definition) is 1. The third-order valence-electron chi connectivity index (χ3n) is 3.16. The lowest BCUT2D eigenvalue weighted by Crippen LogP contribution is -1.82. The lowest BCUT2D eigenvalue weighted by molar-refractivity contribution is 0.986. The van der Waals surface area contributed by atoms with Gasteiger partial charge in [-0.2, -0.15) is 0 Å². The molecule has 2 nitrogen and oxygen atoms in total. The molecule has 14 heavy (non-hydrogen) atoms. The van der Waals surface area contributed by atoms with Crippen LogP contribution in [0.25, 0.3) is 11.0 Å². The van der Waals surface area contributed by atoms with Gasteiger partial charge in [0.05, 0.1) is 11.0 Å². The van der Waals surface area contributed by atoms with Crippen molar-refractivity contribution in [1.29, 1.82) is 0 Å². The first-order valence-corrected chi connectivity index (χ1v) is 5.21. The number of benzene rings is 1. The van der Waals surface area contributed by atoms with Gasteiger partial charge in [-0.15, -0.1) is 0 Å². The highest BCUT2D eigenvalue weighted by atomic mass is 14.9. The van der Waals surface area contributed by atoms with E-state index in [4.69, 9.17) is 0 Å².